The second-order valence-corrected chi connectivity index (χ2v) is 6.67. The molecule has 2 aliphatic rings. The second-order valence-electron chi connectivity index (χ2n) is 5.89. The molecule has 2 aliphatic heterocycles. The monoisotopic (exact) mass is 333 g/mol. The summed E-state index contributed by atoms with van der Waals surface area (Å²) in [6, 6.07) is 2.05. The number of ether oxygens (including phenoxy) is 1. The van der Waals surface area contributed by atoms with Crippen LogP contribution in [0, 0.1) is 0 Å². The number of thiophene rings is 1. The van der Waals surface area contributed by atoms with Crippen molar-refractivity contribution < 1.29 is 9.53 Å². The molecule has 0 unspecified atom stereocenters. The van der Waals surface area contributed by atoms with Crippen LogP contribution in [0.25, 0.3) is 11.3 Å². The Morgan fingerprint density at radius 3 is 3.09 bits per heavy atom. The van der Waals surface area contributed by atoms with E-state index in [1.807, 2.05) is 21.0 Å². The summed E-state index contributed by atoms with van der Waals surface area (Å²) in [7, 11) is 0. The van der Waals surface area contributed by atoms with Crippen molar-refractivity contribution in [1.82, 2.24) is 25.2 Å². The maximum Gasteiger partial charge on any atom is 0.317 e. The first kappa shape index (κ1) is 14.6. The smallest absolute Gasteiger partial charge is 0.317 e. The van der Waals surface area contributed by atoms with Crippen molar-refractivity contribution in [3.63, 3.8) is 0 Å². The van der Waals surface area contributed by atoms with Gasteiger partial charge in [-0.3, -0.25) is 0 Å². The minimum absolute atomic E-state index is 0.00875. The number of likely N-dealkylation sites (tertiary alicyclic amines) is 1. The molecule has 8 heteroatoms. The molecule has 0 radical (unpaired) electrons. The first-order valence-corrected chi connectivity index (χ1v) is 8.85. The molecule has 0 saturated carbocycles. The highest BCUT2D eigenvalue weighted by Gasteiger charge is 2.25. The molecule has 1 saturated heterocycles. The highest BCUT2D eigenvalue weighted by molar-refractivity contribution is 7.08. The van der Waals surface area contributed by atoms with Crippen molar-refractivity contribution in [3.8, 4) is 11.3 Å². The van der Waals surface area contributed by atoms with Crippen LogP contribution in [0.15, 0.2) is 16.8 Å². The van der Waals surface area contributed by atoms with Crippen LogP contribution in [-0.2, 0) is 17.9 Å². The quantitative estimate of drug-likeness (QED) is 0.928. The van der Waals surface area contributed by atoms with Crippen molar-refractivity contribution in [2.45, 2.75) is 32.1 Å². The van der Waals surface area contributed by atoms with E-state index < -0.39 is 0 Å². The predicted octanol–water partition coefficient (Wildman–Crippen LogP) is 1.71. The number of aromatic nitrogens is 3. The second kappa shape index (κ2) is 6.29. The lowest BCUT2D eigenvalue weighted by molar-refractivity contribution is 0.00240. The number of carbonyl (C=O) groups is 1. The summed E-state index contributed by atoms with van der Waals surface area (Å²) in [5.74, 6) is 0. The number of fused-ring (bicyclic) bond motifs is 1. The Morgan fingerprint density at radius 1 is 1.43 bits per heavy atom. The molecule has 0 spiro atoms. The van der Waals surface area contributed by atoms with Crippen LogP contribution in [0.4, 0.5) is 4.79 Å². The van der Waals surface area contributed by atoms with Crippen LogP contribution in [-0.4, -0.2) is 51.7 Å². The summed E-state index contributed by atoms with van der Waals surface area (Å²) in [5, 5.41) is 15.6. The molecule has 4 rings (SSSR count). The normalized spacial score (nSPS) is 20.5. The van der Waals surface area contributed by atoms with Gasteiger partial charge in [-0.1, -0.05) is 5.21 Å². The highest BCUT2D eigenvalue weighted by Crippen LogP contribution is 2.26. The molecule has 1 atom stereocenters. The van der Waals surface area contributed by atoms with E-state index in [2.05, 4.69) is 21.0 Å². The van der Waals surface area contributed by atoms with Gasteiger partial charge in [0.2, 0.25) is 0 Å². The summed E-state index contributed by atoms with van der Waals surface area (Å²) >= 11 is 1.64. The number of nitrogens with zero attached hydrogens (tertiary/aromatic N) is 4. The van der Waals surface area contributed by atoms with Gasteiger partial charge in [-0.2, -0.15) is 11.3 Å². The van der Waals surface area contributed by atoms with Gasteiger partial charge in [-0.05, 0) is 24.3 Å². The van der Waals surface area contributed by atoms with E-state index in [0.29, 0.717) is 19.7 Å². The summed E-state index contributed by atoms with van der Waals surface area (Å²) in [6.07, 6.45) is 2.13. The molecule has 0 aromatic carbocycles. The number of urea groups is 1. The first-order chi connectivity index (χ1) is 11.3. The van der Waals surface area contributed by atoms with Crippen LogP contribution in [0.3, 0.4) is 0 Å². The Kier molecular flexibility index (Phi) is 4.00. The van der Waals surface area contributed by atoms with E-state index in [4.69, 9.17) is 4.74 Å². The van der Waals surface area contributed by atoms with E-state index in [0.717, 1.165) is 42.9 Å². The number of rotatable bonds is 3. The fourth-order valence-electron chi connectivity index (χ4n) is 3.04. The zero-order valence-corrected chi connectivity index (χ0v) is 13.6. The highest BCUT2D eigenvalue weighted by atomic mass is 32.1. The van der Waals surface area contributed by atoms with Crippen molar-refractivity contribution >= 4 is 17.4 Å². The van der Waals surface area contributed by atoms with Gasteiger partial charge in [0.25, 0.3) is 0 Å². The van der Waals surface area contributed by atoms with Crippen LogP contribution in [0.1, 0.15) is 18.5 Å². The molecule has 0 aliphatic carbocycles. The van der Waals surface area contributed by atoms with Crippen LogP contribution in [0.2, 0.25) is 0 Å². The molecule has 0 bridgehead atoms. The number of carbonyl (C=O) groups excluding carboxylic acids is 1. The zero-order valence-electron chi connectivity index (χ0n) is 12.8. The fourth-order valence-corrected chi connectivity index (χ4v) is 3.69. The van der Waals surface area contributed by atoms with Gasteiger partial charge in [0.15, 0.2) is 0 Å². The third kappa shape index (κ3) is 2.96. The van der Waals surface area contributed by atoms with E-state index in [9.17, 15) is 4.79 Å². The average Bonchev–Trinajstić information content (AvgIpc) is 3.32. The molecular weight excluding hydrogens is 314 g/mol. The van der Waals surface area contributed by atoms with E-state index in [1.165, 1.54) is 0 Å². The molecule has 7 nitrogen and oxygen atoms in total. The summed E-state index contributed by atoms with van der Waals surface area (Å²) < 4.78 is 7.78. The number of amides is 2. The number of nitrogens with one attached hydrogen (secondary N) is 1. The van der Waals surface area contributed by atoms with E-state index >= 15 is 0 Å². The van der Waals surface area contributed by atoms with Crippen molar-refractivity contribution in [2.75, 3.05) is 19.6 Å². The van der Waals surface area contributed by atoms with Crippen molar-refractivity contribution in [3.05, 3.63) is 22.5 Å². The van der Waals surface area contributed by atoms with E-state index in [-0.39, 0.29) is 12.1 Å². The zero-order chi connectivity index (χ0) is 15.6. The lowest BCUT2D eigenvalue weighted by atomic mass is 10.2. The molecule has 122 valence electrons. The molecule has 4 heterocycles. The lowest BCUT2D eigenvalue weighted by Gasteiger charge is -2.25. The minimum atomic E-state index is -0.0638. The van der Waals surface area contributed by atoms with Gasteiger partial charge in [-0.25, -0.2) is 9.48 Å². The molecule has 1 fully saturated rings. The summed E-state index contributed by atoms with van der Waals surface area (Å²) in [4.78, 5) is 13.9. The molecule has 23 heavy (non-hydrogen) atoms. The van der Waals surface area contributed by atoms with Crippen molar-refractivity contribution in [1.29, 1.82) is 0 Å². The number of hydrogen-bond donors (Lipinski definition) is 1. The Morgan fingerprint density at radius 2 is 2.30 bits per heavy atom. The third-order valence-electron chi connectivity index (χ3n) is 4.34. The molecule has 2 aromatic heterocycles. The predicted molar refractivity (Wildman–Crippen MR) is 86.1 cm³/mol. The van der Waals surface area contributed by atoms with Crippen LogP contribution >= 0.6 is 11.3 Å². The topological polar surface area (TPSA) is 72.3 Å². The SMILES string of the molecule is O=C(NC[C@@H]1Cn2nnc(-c3ccsc3)c2CO1)N1CCCC1. The van der Waals surface area contributed by atoms with Gasteiger partial charge in [0, 0.05) is 30.6 Å². The maximum atomic E-state index is 12.0. The molecule has 2 aromatic rings. The Hall–Kier alpha value is -1.93. The van der Waals surface area contributed by atoms with E-state index in [1.54, 1.807) is 11.3 Å². The summed E-state index contributed by atoms with van der Waals surface area (Å²) in [6.45, 7) is 3.31. The van der Waals surface area contributed by atoms with Gasteiger partial charge in [0.05, 0.1) is 24.9 Å². The number of hydrogen-bond acceptors (Lipinski definition) is 5. The molecule has 1 N–H and O–H groups in total. The van der Waals surface area contributed by atoms with Gasteiger partial charge in [-0.15, -0.1) is 5.10 Å². The standard InChI is InChI=1S/C15H19N5O2S/c21-15(19-4-1-2-5-19)16-7-12-8-20-13(9-22-12)14(17-18-20)11-3-6-23-10-11/h3,6,10,12H,1-2,4-5,7-9H2,(H,16,21)/t12-/m1/s1. The Balaban J connectivity index is 1.37. The largest absolute Gasteiger partial charge is 0.368 e. The minimum Gasteiger partial charge on any atom is -0.368 e. The Labute approximate surface area is 138 Å². The Bertz CT molecular complexity index is 678. The summed E-state index contributed by atoms with van der Waals surface area (Å²) in [5.41, 5.74) is 2.98. The van der Waals surface area contributed by atoms with Crippen LogP contribution < -0.4 is 5.32 Å². The average molecular weight is 333 g/mol. The maximum absolute atomic E-state index is 12.0. The molecule has 2 amide bonds. The van der Waals surface area contributed by atoms with Gasteiger partial charge >= 0.3 is 6.03 Å². The van der Waals surface area contributed by atoms with Gasteiger partial charge < -0.3 is 15.0 Å². The van der Waals surface area contributed by atoms with Gasteiger partial charge in [0.1, 0.15) is 5.69 Å². The first-order valence-electron chi connectivity index (χ1n) is 7.90. The van der Waals surface area contributed by atoms with Crippen LogP contribution in [0.5, 0.6) is 0 Å². The van der Waals surface area contributed by atoms with Crippen molar-refractivity contribution in [2.24, 2.45) is 0 Å². The third-order valence-corrected chi connectivity index (χ3v) is 5.02. The fraction of sp³-hybridized carbons (Fsp3) is 0.533. The molecular formula is C15H19N5O2S. The lowest BCUT2D eigenvalue weighted by Crippen LogP contribution is -2.44.